The number of hydrogen-bond donors (Lipinski definition) is 2. The smallest absolute Gasteiger partial charge is 0.423 e. The minimum absolute atomic E-state index is 0.565. The zero-order valence-corrected chi connectivity index (χ0v) is 11.1. The normalized spacial score (nSPS) is 11.1. The van der Waals surface area contributed by atoms with E-state index in [2.05, 4.69) is 22.0 Å². The second-order valence-electron chi connectivity index (χ2n) is 4.25. The average Bonchev–Trinajstić information content (AvgIpc) is 2.35. The molecule has 0 heterocycles. The third-order valence-electron chi connectivity index (χ3n) is 3.12. The van der Waals surface area contributed by atoms with Crippen LogP contribution in [-0.2, 0) is 0 Å². The highest BCUT2D eigenvalue weighted by atomic mass is 79.9. The Bertz CT molecular complexity index is 740. The van der Waals surface area contributed by atoms with Crippen molar-refractivity contribution in [2.75, 3.05) is 0 Å². The minimum atomic E-state index is -1.47. The Balaban J connectivity index is 2.54. The van der Waals surface area contributed by atoms with Gasteiger partial charge in [0.15, 0.2) is 0 Å². The van der Waals surface area contributed by atoms with E-state index in [0.29, 0.717) is 5.46 Å². The molecule has 0 atom stereocenters. The Morgan fingerprint density at radius 1 is 0.833 bits per heavy atom. The Labute approximate surface area is 113 Å². The lowest BCUT2D eigenvalue weighted by molar-refractivity contribution is 0.426. The molecule has 0 saturated carbocycles. The summed E-state index contributed by atoms with van der Waals surface area (Å²) < 4.78 is 0.976. The van der Waals surface area contributed by atoms with Gasteiger partial charge in [0.2, 0.25) is 0 Å². The van der Waals surface area contributed by atoms with Gasteiger partial charge in [-0.25, -0.2) is 0 Å². The molecule has 2 nitrogen and oxygen atoms in total. The molecule has 0 radical (unpaired) electrons. The first kappa shape index (κ1) is 11.7. The number of halogens is 1. The van der Waals surface area contributed by atoms with Gasteiger partial charge in [-0.1, -0.05) is 46.3 Å². The van der Waals surface area contributed by atoms with Gasteiger partial charge in [-0.15, -0.1) is 0 Å². The molecule has 3 aromatic rings. The molecule has 0 aromatic heterocycles. The fourth-order valence-corrected chi connectivity index (χ4v) is 2.74. The van der Waals surface area contributed by atoms with Crippen LogP contribution in [0.1, 0.15) is 0 Å². The van der Waals surface area contributed by atoms with Crippen LogP contribution in [0, 0.1) is 0 Å². The summed E-state index contributed by atoms with van der Waals surface area (Å²) in [6, 6.07) is 15.6. The van der Waals surface area contributed by atoms with E-state index in [1.54, 1.807) is 0 Å². The van der Waals surface area contributed by atoms with Crippen LogP contribution in [0.3, 0.4) is 0 Å². The maximum absolute atomic E-state index is 9.63. The van der Waals surface area contributed by atoms with Crippen molar-refractivity contribution in [3.8, 4) is 0 Å². The van der Waals surface area contributed by atoms with Gasteiger partial charge in [-0.2, -0.15) is 0 Å². The lowest BCUT2D eigenvalue weighted by Crippen LogP contribution is -2.31. The first-order valence-electron chi connectivity index (χ1n) is 5.64. The molecule has 0 aliphatic heterocycles. The summed E-state index contributed by atoms with van der Waals surface area (Å²) in [4.78, 5) is 0. The number of benzene rings is 3. The molecule has 2 N–H and O–H groups in total. The van der Waals surface area contributed by atoms with Gasteiger partial charge in [0.05, 0.1) is 0 Å². The SMILES string of the molecule is OB(O)c1c2ccccc2cc2cc(Br)ccc12. The zero-order chi connectivity index (χ0) is 12.7. The standard InChI is InChI=1S/C14H10BBrO2/c16-11-5-6-13-10(8-11)7-9-3-1-2-4-12(9)14(13)15(17)18/h1-8,17-18H. The molecule has 0 saturated heterocycles. The van der Waals surface area contributed by atoms with E-state index in [0.717, 1.165) is 26.0 Å². The summed E-state index contributed by atoms with van der Waals surface area (Å²) >= 11 is 3.43. The molecule has 0 unspecified atom stereocenters. The van der Waals surface area contributed by atoms with Crippen LogP contribution in [0.5, 0.6) is 0 Å². The third-order valence-corrected chi connectivity index (χ3v) is 3.62. The number of rotatable bonds is 1. The maximum Gasteiger partial charge on any atom is 0.489 e. The highest BCUT2D eigenvalue weighted by Gasteiger charge is 2.18. The van der Waals surface area contributed by atoms with Gasteiger partial charge in [-0.3, -0.25) is 0 Å². The van der Waals surface area contributed by atoms with Crippen LogP contribution in [0.2, 0.25) is 0 Å². The van der Waals surface area contributed by atoms with Gasteiger partial charge < -0.3 is 10.0 Å². The van der Waals surface area contributed by atoms with Crippen molar-refractivity contribution in [3.05, 3.63) is 53.0 Å². The molecule has 4 heteroatoms. The van der Waals surface area contributed by atoms with Crippen molar-refractivity contribution in [1.82, 2.24) is 0 Å². The molecule has 0 amide bonds. The van der Waals surface area contributed by atoms with Gasteiger partial charge in [0.1, 0.15) is 0 Å². The second kappa shape index (κ2) is 4.39. The van der Waals surface area contributed by atoms with Crippen molar-refractivity contribution in [2.45, 2.75) is 0 Å². The highest BCUT2D eigenvalue weighted by molar-refractivity contribution is 9.10. The highest BCUT2D eigenvalue weighted by Crippen LogP contribution is 2.24. The minimum Gasteiger partial charge on any atom is -0.423 e. The lowest BCUT2D eigenvalue weighted by Gasteiger charge is -2.11. The topological polar surface area (TPSA) is 40.5 Å². The van der Waals surface area contributed by atoms with E-state index in [1.807, 2.05) is 42.5 Å². The van der Waals surface area contributed by atoms with Crippen LogP contribution in [0.4, 0.5) is 0 Å². The molecule has 18 heavy (non-hydrogen) atoms. The Morgan fingerprint density at radius 3 is 2.33 bits per heavy atom. The van der Waals surface area contributed by atoms with Crippen LogP contribution < -0.4 is 5.46 Å². The van der Waals surface area contributed by atoms with E-state index in [-0.39, 0.29) is 0 Å². The van der Waals surface area contributed by atoms with E-state index < -0.39 is 7.12 Å². The molecule has 0 spiro atoms. The maximum atomic E-state index is 9.63. The first-order chi connectivity index (χ1) is 8.66. The van der Waals surface area contributed by atoms with Crippen molar-refractivity contribution in [1.29, 1.82) is 0 Å². The molecular formula is C14H10BBrO2. The summed E-state index contributed by atoms with van der Waals surface area (Å²) in [5.41, 5.74) is 0.565. The predicted octanol–water partition coefficient (Wildman–Crippen LogP) is 2.44. The second-order valence-corrected chi connectivity index (χ2v) is 5.17. The molecule has 88 valence electrons. The molecular weight excluding hydrogens is 291 g/mol. The van der Waals surface area contributed by atoms with Crippen LogP contribution in [-0.4, -0.2) is 17.2 Å². The third kappa shape index (κ3) is 1.83. The van der Waals surface area contributed by atoms with Gasteiger partial charge >= 0.3 is 7.12 Å². The quantitative estimate of drug-likeness (QED) is 0.535. The van der Waals surface area contributed by atoms with Crippen molar-refractivity contribution < 1.29 is 10.0 Å². The van der Waals surface area contributed by atoms with Crippen molar-refractivity contribution >= 4 is 50.1 Å². The molecule has 0 bridgehead atoms. The van der Waals surface area contributed by atoms with E-state index in [4.69, 9.17) is 0 Å². The first-order valence-corrected chi connectivity index (χ1v) is 6.43. The average molecular weight is 301 g/mol. The molecule has 3 aromatic carbocycles. The van der Waals surface area contributed by atoms with E-state index >= 15 is 0 Å². The van der Waals surface area contributed by atoms with E-state index in [9.17, 15) is 10.0 Å². The number of hydrogen-bond acceptors (Lipinski definition) is 2. The molecule has 0 aliphatic carbocycles. The summed E-state index contributed by atoms with van der Waals surface area (Å²) in [7, 11) is -1.47. The van der Waals surface area contributed by atoms with Crippen molar-refractivity contribution in [3.63, 3.8) is 0 Å². The Kier molecular flexibility index (Phi) is 2.86. The van der Waals surface area contributed by atoms with Crippen molar-refractivity contribution in [2.24, 2.45) is 0 Å². The monoisotopic (exact) mass is 300 g/mol. The summed E-state index contributed by atoms with van der Waals surface area (Å²) in [5.74, 6) is 0. The van der Waals surface area contributed by atoms with E-state index in [1.165, 1.54) is 0 Å². The van der Waals surface area contributed by atoms with Crippen LogP contribution >= 0.6 is 15.9 Å². The lowest BCUT2D eigenvalue weighted by atomic mass is 9.74. The zero-order valence-electron chi connectivity index (χ0n) is 9.47. The molecule has 3 rings (SSSR count). The largest absolute Gasteiger partial charge is 0.489 e. The molecule has 0 fully saturated rings. The summed E-state index contributed by atoms with van der Waals surface area (Å²) in [6.07, 6.45) is 0. The fourth-order valence-electron chi connectivity index (χ4n) is 2.36. The fraction of sp³-hybridized carbons (Fsp3) is 0. The summed E-state index contributed by atoms with van der Waals surface area (Å²) in [5, 5.41) is 23.0. The van der Waals surface area contributed by atoms with Gasteiger partial charge in [0, 0.05) is 4.47 Å². The number of fused-ring (bicyclic) bond motifs is 2. The Hall–Kier alpha value is -1.36. The Morgan fingerprint density at radius 2 is 1.56 bits per heavy atom. The van der Waals surface area contributed by atoms with Gasteiger partial charge in [-0.05, 0) is 45.2 Å². The van der Waals surface area contributed by atoms with Gasteiger partial charge in [0.25, 0.3) is 0 Å². The molecule has 0 aliphatic rings. The summed E-state index contributed by atoms with van der Waals surface area (Å²) in [6.45, 7) is 0. The van der Waals surface area contributed by atoms with Crippen LogP contribution in [0.15, 0.2) is 53.0 Å². The predicted molar refractivity (Wildman–Crippen MR) is 79.0 cm³/mol. The van der Waals surface area contributed by atoms with Crippen LogP contribution in [0.25, 0.3) is 21.5 Å².